The smallest absolute Gasteiger partial charge is 0.234 e. The van der Waals surface area contributed by atoms with Crippen molar-refractivity contribution in [3.8, 4) is 11.1 Å². The first kappa shape index (κ1) is 15.2. The molecule has 1 saturated carbocycles. The van der Waals surface area contributed by atoms with Gasteiger partial charge in [0.1, 0.15) is 0 Å². The molecule has 0 spiro atoms. The predicted octanol–water partition coefficient (Wildman–Crippen LogP) is 4.97. The zero-order chi connectivity index (χ0) is 15.2. The molecular weight excluding hydrogens is 290 g/mol. The van der Waals surface area contributed by atoms with Gasteiger partial charge in [0.25, 0.3) is 0 Å². The first-order chi connectivity index (χ1) is 10.8. The number of amides is 1. The fourth-order valence-electron chi connectivity index (χ4n) is 2.82. The Kier molecular flexibility index (Phi) is 5.17. The fraction of sp³-hybridized carbons (Fsp3) is 0.316. The summed E-state index contributed by atoms with van der Waals surface area (Å²) in [6.07, 6.45) is 5.17. The Morgan fingerprint density at radius 2 is 1.59 bits per heavy atom. The molecule has 2 aromatic rings. The van der Waals surface area contributed by atoms with Gasteiger partial charge in [-0.1, -0.05) is 55.3 Å². The van der Waals surface area contributed by atoms with Crippen molar-refractivity contribution in [2.45, 2.75) is 30.9 Å². The third-order valence-electron chi connectivity index (χ3n) is 4.03. The molecule has 1 fully saturated rings. The molecule has 3 heteroatoms. The van der Waals surface area contributed by atoms with Crippen LogP contribution >= 0.6 is 11.8 Å². The molecule has 1 aliphatic carbocycles. The zero-order valence-electron chi connectivity index (χ0n) is 12.6. The van der Waals surface area contributed by atoms with Crippen LogP contribution in [0.3, 0.4) is 0 Å². The van der Waals surface area contributed by atoms with Gasteiger partial charge >= 0.3 is 0 Å². The minimum Gasteiger partial charge on any atom is -0.325 e. The second-order valence-corrected chi connectivity index (χ2v) is 7.00. The SMILES string of the molecule is O=C(CSC1CCCC1)Nc1ccc(-c2ccccc2)cc1. The van der Waals surface area contributed by atoms with Gasteiger partial charge in [-0.15, -0.1) is 11.8 Å². The van der Waals surface area contributed by atoms with Crippen LogP contribution in [0.2, 0.25) is 0 Å². The van der Waals surface area contributed by atoms with E-state index in [4.69, 9.17) is 0 Å². The maximum Gasteiger partial charge on any atom is 0.234 e. The number of nitrogens with one attached hydrogen (secondary N) is 1. The lowest BCUT2D eigenvalue weighted by atomic mass is 10.1. The molecule has 114 valence electrons. The van der Waals surface area contributed by atoms with E-state index in [9.17, 15) is 4.79 Å². The number of hydrogen-bond donors (Lipinski definition) is 1. The highest BCUT2D eigenvalue weighted by Gasteiger charge is 2.16. The van der Waals surface area contributed by atoms with E-state index in [1.807, 2.05) is 30.3 Å². The Balaban J connectivity index is 1.53. The minimum absolute atomic E-state index is 0.101. The maximum atomic E-state index is 12.0. The Labute approximate surface area is 136 Å². The van der Waals surface area contributed by atoms with E-state index in [0.29, 0.717) is 11.0 Å². The number of carbonyl (C=O) groups excluding carboxylic acids is 1. The number of benzene rings is 2. The van der Waals surface area contributed by atoms with Crippen LogP contribution in [0.25, 0.3) is 11.1 Å². The van der Waals surface area contributed by atoms with Gasteiger partial charge in [0.05, 0.1) is 5.75 Å². The summed E-state index contributed by atoms with van der Waals surface area (Å²) in [7, 11) is 0. The van der Waals surface area contributed by atoms with E-state index in [1.54, 1.807) is 11.8 Å². The fourth-order valence-corrected chi connectivity index (χ4v) is 3.95. The van der Waals surface area contributed by atoms with Crippen molar-refractivity contribution in [3.05, 3.63) is 54.6 Å². The summed E-state index contributed by atoms with van der Waals surface area (Å²) in [5, 5.41) is 3.67. The molecule has 0 heterocycles. The highest BCUT2D eigenvalue weighted by atomic mass is 32.2. The van der Waals surface area contributed by atoms with Crippen LogP contribution < -0.4 is 5.32 Å². The monoisotopic (exact) mass is 311 g/mol. The third kappa shape index (κ3) is 4.14. The topological polar surface area (TPSA) is 29.1 Å². The van der Waals surface area contributed by atoms with Crippen LogP contribution in [0.5, 0.6) is 0 Å². The van der Waals surface area contributed by atoms with Crippen LogP contribution in [0, 0.1) is 0 Å². The summed E-state index contributed by atoms with van der Waals surface area (Å²) in [6, 6.07) is 18.3. The average molecular weight is 311 g/mol. The van der Waals surface area contributed by atoms with E-state index in [1.165, 1.54) is 36.8 Å². The van der Waals surface area contributed by atoms with Gasteiger partial charge in [0.15, 0.2) is 0 Å². The van der Waals surface area contributed by atoms with Crippen LogP contribution in [-0.4, -0.2) is 16.9 Å². The van der Waals surface area contributed by atoms with Gasteiger partial charge in [0.2, 0.25) is 5.91 Å². The zero-order valence-corrected chi connectivity index (χ0v) is 13.4. The highest BCUT2D eigenvalue weighted by molar-refractivity contribution is 8.00. The van der Waals surface area contributed by atoms with E-state index >= 15 is 0 Å². The maximum absolute atomic E-state index is 12.0. The van der Waals surface area contributed by atoms with Gasteiger partial charge in [0, 0.05) is 10.9 Å². The van der Waals surface area contributed by atoms with Gasteiger partial charge in [-0.2, -0.15) is 0 Å². The summed E-state index contributed by atoms with van der Waals surface area (Å²) in [4.78, 5) is 12.0. The number of anilines is 1. The summed E-state index contributed by atoms with van der Waals surface area (Å²) in [5.74, 6) is 0.662. The van der Waals surface area contributed by atoms with Crippen molar-refractivity contribution in [2.75, 3.05) is 11.1 Å². The lowest BCUT2D eigenvalue weighted by Gasteiger charge is -2.09. The summed E-state index contributed by atoms with van der Waals surface area (Å²) >= 11 is 1.80. The van der Waals surface area contributed by atoms with Crippen molar-refractivity contribution in [3.63, 3.8) is 0 Å². The molecule has 0 aromatic heterocycles. The highest BCUT2D eigenvalue weighted by Crippen LogP contribution is 2.29. The van der Waals surface area contributed by atoms with Crippen LogP contribution in [-0.2, 0) is 4.79 Å². The second-order valence-electron chi connectivity index (χ2n) is 5.71. The molecule has 1 amide bonds. The number of rotatable bonds is 5. The lowest BCUT2D eigenvalue weighted by Crippen LogP contribution is -2.15. The molecule has 2 nitrogen and oxygen atoms in total. The van der Waals surface area contributed by atoms with Gasteiger partial charge in [-0.25, -0.2) is 0 Å². The summed E-state index contributed by atoms with van der Waals surface area (Å²) in [6.45, 7) is 0. The second kappa shape index (κ2) is 7.50. The predicted molar refractivity (Wildman–Crippen MR) is 95.2 cm³/mol. The van der Waals surface area contributed by atoms with Gasteiger partial charge in [-0.3, -0.25) is 4.79 Å². The molecule has 0 aliphatic heterocycles. The Hall–Kier alpha value is -1.74. The lowest BCUT2D eigenvalue weighted by molar-refractivity contribution is -0.113. The molecule has 22 heavy (non-hydrogen) atoms. The van der Waals surface area contributed by atoms with E-state index in [0.717, 1.165) is 5.69 Å². The number of hydrogen-bond acceptors (Lipinski definition) is 2. The molecule has 0 bridgehead atoms. The van der Waals surface area contributed by atoms with Gasteiger partial charge in [-0.05, 0) is 36.1 Å². The minimum atomic E-state index is 0.101. The molecule has 0 unspecified atom stereocenters. The van der Waals surface area contributed by atoms with Crippen molar-refractivity contribution in [2.24, 2.45) is 0 Å². The largest absolute Gasteiger partial charge is 0.325 e. The van der Waals surface area contributed by atoms with Crippen LogP contribution in [0.1, 0.15) is 25.7 Å². The first-order valence-corrected chi connectivity index (χ1v) is 8.93. The Morgan fingerprint density at radius 3 is 2.27 bits per heavy atom. The van der Waals surface area contributed by atoms with E-state index < -0.39 is 0 Å². The molecule has 1 N–H and O–H groups in total. The van der Waals surface area contributed by atoms with Crippen molar-refractivity contribution >= 4 is 23.4 Å². The molecule has 3 rings (SSSR count). The first-order valence-electron chi connectivity index (χ1n) is 7.88. The van der Waals surface area contributed by atoms with Gasteiger partial charge < -0.3 is 5.32 Å². The third-order valence-corrected chi connectivity index (χ3v) is 5.40. The summed E-state index contributed by atoms with van der Waals surface area (Å²) in [5.41, 5.74) is 3.23. The van der Waals surface area contributed by atoms with Crippen molar-refractivity contribution in [1.82, 2.24) is 0 Å². The molecule has 0 saturated heterocycles. The van der Waals surface area contributed by atoms with Crippen LogP contribution in [0.4, 0.5) is 5.69 Å². The molecule has 1 aliphatic rings. The van der Waals surface area contributed by atoms with Crippen molar-refractivity contribution in [1.29, 1.82) is 0 Å². The molecule has 0 atom stereocenters. The Bertz CT molecular complexity index is 603. The summed E-state index contributed by atoms with van der Waals surface area (Å²) < 4.78 is 0. The number of thioether (sulfide) groups is 1. The van der Waals surface area contributed by atoms with Crippen LogP contribution in [0.15, 0.2) is 54.6 Å². The molecule has 2 aromatic carbocycles. The average Bonchev–Trinajstić information content (AvgIpc) is 3.08. The molecule has 0 radical (unpaired) electrons. The standard InChI is InChI=1S/C19H21NOS/c21-19(14-22-18-8-4-5-9-18)20-17-12-10-16(11-13-17)15-6-2-1-3-7-15/h1-3,6-7,10-13,18H,4-5,8-9,14H2,(H,20,21). The van der Waals surface area contributed by atoms with Crippen molar-refractivity contribution < 1.29 is 4.79 Å². The molecular formula is C19H21NOS. The quantitative estimate of drug-likeness (QED) is 0.845. The van der Waals surface area contributed by atoms with E-state index in [2.05, 4.69) is 29.6 Å². The number of carbonyl (C=O) groups is 1. The van der Waals surface area contributed by atoms with E-state index in [-0.39, 0.29) is 5.91 Å². The normalized spacial score (nSPS) is 14.9. The Morgan fingerprint density at radius 1 is 0.955 bits per heavy atom.